The maximum Gasteiger partial charge on any atom is 0.342 e. The first-order valence-electron chi connectivity index (χ1n) is 5.17. The highest BCUT2D eigenvalue weighted by atomic mass is 28.4. The van der Waals surface area contributed by atoms with E-state index in [0.717, 1.165) is 13.2 Å². The highest BCUT2D eigenvalue weighted by molar-refractivity contribution is 6.68. The average Bonchev–Trinajstić information content (AvgIpc) is 2.57. The van der Waals surface area contributed by atoms with E-state index < -0.39 is 8.56 Å². The summed E-state index contributed by atoms with van der Waals surface area (Å²) in [5.41, 5.74) is 0.562. The largest absolute Gasteiger partial charge is 0.394 e. The molecule has 0 saturated carbocycles. The topological polar surface area (TPSA) is 18.5 Å². The summed E-state index contributed by atoms with van der Waals surface area (Å²) < 4.78 is 11.6. The second kappa shape index (κ2) is 4.93. The van der Waals surface area contributed by atoms with E-state index in [9.17, 15) is 0 Å². The van der Waals surface area contributed by atoms with Crippen molar-refractivity contribution in [1.29, 1.82) is 0 Å². The number of rotatable bonds is 5. The maximum atomic E-state index is 5.82. The molecule has 0 heterocycles. The maximum absolute atomic E-state index is 5.82. The first-order valence-corrected chi connectivity index (χ1v) is 7.57. The minimum Gasteiger partial charge on any atom is -0.394 e. The fourth-order valence-electron chi connectivity index (χ4n) is 1.90. The number of allylic oxidation sites excluding steroid dienone is 2. The predicted octanol–water partition coefficient (Wildman–Crippen LogP) is 2.85. The Bertz CT molecular complexity index is 174. The Hall–Kier alpha value is -0.123. The Labute approximate surface area is 82.2 Å². The minimum atomic E-state index is -1.90. The van der Waals surface area contributed by atoms with E-state index in [1.54, 1.807) is 0 Å². The van der Waals surface area contributed by atoms with E-state index in [-0.39, 0.29) is 0 Å². The molecule has 0 aromatic carbocycles. The van der Waals surface area contributed by atoms with E-state index in [1.165, 1.54) is 12.8 Å². The van der Waals surface area contributed by atoms with Crippen molar-refractivity contribution in [3.05, 3.63) is 12.2 Å². The second-order valence-corrected chi connectivity index (χ2v) is 6.84. The van der Waals surface area contributed by atoms with Crippen LogP contribution in [0.25, 0.3) is 0 Å². The first-order chi connectivity index (χ1) is 6.23. The molecule has 3 heteroatoms. The molecule has 0 aromatic rings. The van der Waals surface area contributed by atoms with Crippen molar-refractivity contribution in [2.45, 2.75) is 38.8 Å². The van der Waals surface area contributed by atoms with Crippen LogP contribution >= 0.6 is 0 Å². The van der Waals surface area contributed by atoms with Gasteiger partial charge in [-0.05, 0) is 33.2 Å². The number of hydrogen-bond acceptors (Lipinski definition) is 2. The van der Waals surface area contributed by atoms with Crippen LogP contribution in [0.15, 0.2) is 12.2 Å². The molecule has 0 fully saturated rings. The zero-order valence-electron chi connectivity index (χ0n) is 8.88. The number of hydrogen-bond donors (Lipinski definition) is 0. The van der Waals surface area contributed by atoms with Crippen LogP contribution in [-0.2, 0) is 8.85 Å². The highest BCUT2D eigenvalue weighted by Gasteiger charge is 2.39. The van der Waals surface area contributed by atoms with Gasteiger partial charge in [0.2, 0.25) is 0 Å². The van der Waals surface area contributed by atoms with Crippen LogP contribution in [-0.4, -0.2) is 21.8 Å². The third kappa shape index (κ3) is 2.66. The Morgan fingerprint density at radius 3 is 2.31 bits per heavy atom. The molecule has 76 valence electrons. The first kappa shape index (κ1) is 11.0. The lowest BCUT2D eigenvalue weighted by Crippen LogP contribution is -2.42. The van der Waals surface area contributed by atoms with Gasteiger partial charge < -0.3 is 8.85 Å². The van der Waals surface area contributed by atoms with Crippen molar-refractivity contribution in [1.82, 2.24) is 0 Å². The van der Waals surface area contributed by atoms with E-state index in [4.69, 9.17) is 8.85 Å². The summed E-state index contributed by atoms with van der Waals surface area (Å²) in [6, 6.07) is 0. The lowest BCUT2D eigenvalue weighted by atomic mass is 10.4. The van der Waals surface area contributed by atoms with Gasteiger partial charge in [-0.1, -0.05) is 12.2 Å². The van der Waals surface area contributed by atoms with Gasteiger partial charge in [0, 0.05) is 18.8 Å². The van der Waals surface area contributed by atoms with Gasteiger partial charge in [-0.2, -0.15) is 0 Å². The fraction of sp³-hybridized carbons (Fsp3) is 0.800. The van der Waals surface area contributed by atoms with Crippen LogP contribution in [0.5, 0.6) is 0 Å². The van der Waals surface area contributed by atoms with Gasteiger partial charge in [0.25, 0.3) is 0 Å². The molecule has 0 amide bonds. The molecule has 0 spiro atoms. The Morgan fingerprint density at radius 2 is 1.92 bits per heavy atom. The van der Waals surface area contributed by atoms with Crippen molar-refractivity contribution in [2.75, 3.05) is 13.2 Å². The minimum absolute atomic E-state index is 0.562. The average molecular weight is 200 g/mol. The molecule has 13 heavy (non-hydrogen) atoms. The predicted molar refractivity (Wildman–Crippen MR) is 57.0 cm³/mol. The van der Waals surface area contributed by atoms with Crippen LogP contribution in [0, 0.1) is 0 Å². The van der Waals surface area contributed by atoms with Crippen molar-refractivity contribution in [3.63, 3.8) is 0 Å². The van der Waals surface area contributed by atoms with Crippen molar-refractivity contribution < 1.29 is 8.85 Å². The van der Waals surface area contributed by atoms with Gasteiger partial charge in [0.1, 0.15) is 0 Å². The molecular formula is C10H20O2Si. The summed E-state index contributed by atoms with van der Waals surface area (Å²) in [6.45, 7) is 7.81. The standard InChI is InChI=1S/C10H20O2Si/c1-4-11-13(3,12-5-2)10-8-6-7-9-10/h6,8,10H,4-5,7,9H2,1-3H3. The summed E-state index contributed by atoms with van der Waals surface area (Å²) in [6.07, 6.45) is 6.92. The summed E-state index contributed by atoms with van der Waals surface area (Å²) in [4.78, 5) is 0. The van der Waals surface area contributed by atoms with Gasteiger partial charge in [-0.3, -0.25) is 0 Å². The van der Waals surface area contributed by atoms with Gasteiger partial charge in [-0.25, -0.2) is 0 Å². The third-order valence-electron chi connectivity index (χ3n) is 2.55. The molecule has 0 saturated heterocycles. The van der Waals surface area contributed by atoms with Gasteiger partial charge >= 0.3 is 8.56 Å². The molecule has 0 aliphatic heterocycles. The monoisotopic (exact) mass is 200 g/mol. The van der Waals surface area contributed by atoms with Crippen molar-refractivity contribution in [3.8, 4) is 0 Å². The summed E-state index contributed by atoms with van der Waals surface area (Å²) in [7, 11) is -1.90. The van der Waals surface area contributed by atoms with Gasteiger partial charge in [0.15, 0.2) is 0 Å². The zero-order chi connectivity index (χ0) is 9.73. The van der Waals surface area contributed by atoms with Crippen molar-refractivity contribution >= 4 is 8.56 Å². The zero-order valence-corrected chi connectivity index (χ0v) is 9.88. The van der Waals surface area contributed by atoms with Gasteiger partial charge in [-0.15, -0.1) is 0 Å². The summed E-state index contributed by atoms with van der Waals surface area (Å²) >= 11 is 0. The molecule has 1 aliphatic rings. The molecule has 1 aliphatic carbocycles. The molecular weight excluding hydrogens is 180 g/mol. The van der Waals surface area contributed by atoms with Crippen molar-refractivity contribution in [2.24, 2.45) is 0 Å². The molecule has 0 N–H and O–H groups in total. The molecule has 0 bridgehead atoms. The normalized spacial score (nSPS) is 22.5. The Morgan fingerprint density at radius 1 is 1.31 bits per heavy atom. The molecule has 2 nitrogen and oxygen atoms in total. The lowest BCUT2D eigenvalue weighted by molar-refractivity contribution is 0.182. The molecule has 1 atom stereocenters. The van der Waals surface area contributed by atoms with Crippen LogP contribution < -0.4 is 0 Å². The van der Waals surface area contributed by atoms with Crippen LogP contribution in [0.1, 0.15) is 26.7 Å². The SMILES string of the molecule is CCO[Si](C)(OCC)C1C=CCC1. The third-order valence-corrected chi connectivity index (χ3v) is 6.10. The Balaban J connectivity index is 2.58. The van der Waals surface area contributed by atoms with E-state index in [0.29, 0.717) is 5.54 Å². The van der Waals surface area contributed by atoms with Crippen LogP contribution in [0.4, 0.5) is 0 Å². The summed E-state index contributed by atoms with van der Waals surface area (Å²) in [5.74, 6) is 0. The second-order valence-electron chi connectivity index (χ2n) is 3.49. The quantitative estimate of drug-likeness (QED) is 0.502. The molecule has 1 unspecified atom stereocenters. The van der Waals surface area contributed by atoms with E-state index in [2.05, 4.69) is 18.7 Å². The molecule has 0 aromatic heterocycles. The highest BCUT2D eigenvalue weighted by Crippen LogP contribution is 2.34. The molecule has 0 radical (unpaired) electrons. The fourth-order valence-corrected chi connectivity index (χ4v) is 4.73. The Kier molecular flexibility index (Phi) is 4.16. The smallest absolute Gasteiger partial charge is 0.342 e. The van der Waals surface area contributed by atoms with E-state index in [1.807, 2.05) is 13.8 Å². The summed E-state index contributed by atoms with van der Waals surface area (Å²) in [5, 5.41) is 0. The van der Waals surface area contributed by atoms with Crippen LogP contribution in [0.3, 0.4) is 0 Å². The lowest BCUT2D eigenvalue weighted by Gasteiger charge is -2.30. The molecule has 1 rings (SSSR count). The van der Waals surface area contributed by atoms with Crippen LogP contribution in [0.2, 0.25) is 12.1 Å². The van der Waals surface area contributed by atoms with Gasteiger partial charge in [0.05, 0.1) is 0 Å². The van der Waals surface area contributed by atoms with E-state index >= 15 is 0 Å².